The van der Waals surface area contributed by atoms with E-state index in [2.05, 4.69) is 15.8 Å². The molecule has 10 heteroatoms. The Bertz CT molecular complexity index is 1190. The molecule has 0 spiro atoms. The summed E-state index contributed by atoms with van der Waals surface area (Å²) in [5.74, 6) is 1.02. The molecule has 0 unspecified atom stereocenters. The zero-order chi connectivity index (χ0) is 20.4. The molecule has 0 aliphatic carbocycles. The molecule has 0 bridgehead atoms. The van der Waals surface area contributed by atoms with Crippen molar-refractivity contribution in [3.05, 3.63) is 53.5 Å². The normalized spacial score (nSPS) is 13.2. The zero-order valence-electron chi connectivity index (χ0n) is 15.3. The van der Waals surface area contributed by atoms with Gasteiger partial charge in [0.2, 0.25) is 0 Å². The highest BCUT2D eigenvalue weighted by molar-refractivity contribution is 7.93. The van der Waals surface area contributed by atoms with Crippen molar-refractivity contribution in [3.8, 4) is 17.6 Å². The van der Waals surface area contributed by atoms with Gasteiger partial charge in [-0.05, 0) is 30.3 Å². The third-order valence-electron chi connectivity index (χ3n) is 4.37. The van der Waals surface area contributed by atoms with Gasteiger partial charge >= 0.3 is 0 Å². The minimum absolute atomic E-state index is 0.0727. The number of rotatable bonds is 5. The summed E-state index contributed by atoms with van der Waals surface area (Å²) in [6, 6.07) is 12.1. The molecule has 0 saturated heterocycles. The molecule has 0 atom stereocenters. The van der Waals surface area contributed by atoms with Gasteiger partial charge in [-0.15, -0.1) is 11.3 Å². The first-order chi connectivity index (χ1) is 14.0. The van der Waals surface area contributed by atoms with Crippen LogP contribution in [0, 0.1) is 11.3 Å². The lowest BCUT2D eigenvalue weighted by molar-refractivity contribution is 0.313. The van der Waals surface area contributed by atoms with Crippen molar-refractivity contribution >= 4 is 37.9 Å². The molecule has 148 valence electrons. The average Bonchev–Trinajstić information content (AvgIpc) is 3.24. The van der Waals surface area contributed by atoms with E-state index in [4.69, 9.17) is 9.47 Å². The quantitative estimate of drug-likeness (QED) is 0.664. The molecule has 2 aromatic carbocycles. The fourth-order valence-electron chi connectivity index (χ4n) is 3.03. The number of nitrogens with one attached hydrogen (secondary N) is 1. The summed E-state index contributed by atoms with van der Waals surface area (Å²) in [6.07, 6.45) is 1.53. The summed E-state index contributed by atoms with van der Waals surface area (Å²) < 4.78 is 38.6. The predicted molar refractivity (Wildman–Crippen MR) is 110 cm³/mol. The minimum Gasteiger partial charge on any atom is -0.497 e. The van der Waals surface area contributed by atoms with Crippen LogP contribution in [0.25, 0.3) is 0 Å². The number of sulfonamides is 1. The summed E-state index contributed by atoms with van der Waals surface area (Å²) in [7, 11) is -2.25. The maximum absolute atomic E-state index is 12.6. The SMILES string of the molecule is COc1ccc(N2CCOc3cc(S(=O)(=O)Nc4nccs4)ccc32)c(C#N)c1. The minimum atomic E-state index is -3.79. The van der Waals surface area contributed by atoms with E-state index in [0.29, 0.717) is 46.7 Å². The van der Waals surface area contributed by atoms with Gasteiger partial charge < -0.3 is 14.4 Å². The van der Waals surface area contributed by atoms with Crippen LogP contribution in [0.1, 0.15) is 5.56 Å². The molecule has 1 aliphatic heterocycles. The number of fused-ring (bicyclic) bond motifs is 1. The molecule has 0 amide bonds. The topological polar surface area (TPSA) is 105 Å². The van der Waals surface area contributed by atoms with Crippen molar-refractivity contribution in [1.29, 1.82) is 5.26 Å². The van der Waals surface area contributed by atoms with Gasteiger partial charge in [-0.2, -0.15) is 5.26 Å². The molecule has 29 heavy (non-hydrogen) atoms. The number of benzene rings is 2. The van der Waals surface area contributed by atoms with E-state index >= 15 is 0 Å². The Morgan fingerprint density at radius 3 is 2.83 bits per heavy atom. The van der Waals surface area contributed by atoms with E-state index in [9.17, 15) is 13.7 Å². The van der Waals surface area contributed by atoms with E-state index < -0.39 is 10.0 Å². The van der Waals surface area contributed by atoms with Gasteiger partial charge in [0.15, 0.2) is 5.13 Å². The molecule has 1 aliphatic rings. The molecule has 1 N–H and O–H groups in total. The number of nitrogens with zero attached hydrogens (tertiary/aromatic N) is 3. The Balaban J connectivity index is 1.70. The molecule has 0 radical (unpaired) electrons. The number of ether oxygens (including phenoxy) is 2. The zero-order valence-corrected chi connectivity index (χ0v) is 17.0. The summed E-state index contributed by atoms with van der Waals surface area (Å²) in [6.45, 7) is 0.880. The third-order valence-corrected chi connectivity index (χ3v) is 6.53. The molecule has 1 aromatic heterocycles. The second kappa shape index (κ2) is 7.62. The highest BCUT2D eigenvalue weighted by Crippen LogP contribution is 2.40. The smallest absolute Gasteiger partial charge is 0.263 e. The molecule has 3 aromatic rings. The van der Waals surface area contributed by atoms with Crippen molar-refractivity contribution in [2.45, 2.75) is 4.90 Å². The number of thiazole rings is 1. The fraction of sp³-hybridized carbons (Fsp3) is 0.158. The second-order valence-electron chi connectivity index (χ2n) is 6.07. The molecule has 4 rings (SSSR count). The maximum atomic E-state index is 12.6. The first kappa shape index (κ1) is 19.0. The van der Waals surface area contributed by atoms with Gasteiger partial charge in [0, 0.05) is 17.6 Å². The van der Waals surface area contributed by atoms with Crippen LogP contribution in [0.4, 0.5) is 16.5 Å². The van der Waals surface area contributed by atoms with E-state index in [1.54, 1.807) is 36.8 Å². The number of methoxy groups -OCH3 is 1. The van der Waals surface area contributed by atoms with Crippen LogP contribution in [-0.4, -0.2) is 33.7 Å². The summed E-state index contributed by atoms with van der Waals surface area (Å²) in [5, 5.41) is 11.5. The number of hydrogen-bond acceptors (Lipinski definition) is 8. The highest BCUT2D eigenvalue weighted by Gasteiger charge is 2.25. The van der Waals surface area contributed by atoms with Crippen molar-refractivity contribution in [1.82, 2.24) is 4.98 Å². The van der Waals surface area contributed by atoms with Crippen LogP contribution in [-0.2, 0) is 10.0 Å². The Kier molecular flexibility index (Phi) is 5.00. The van der Waals surface area contributed by atoms with Crippen molar-refractivity contribution < 1.29 is 17.9 Å². The lowest BCUT2D eigenvalue weighted by Crippen LogP contribution is -2.29. The van der Waals surface area contributed by atoms with Crippen molar-refractivity contribution in [2.24, 2.45) is 0 Å². The van der Waals surface area contributed by atoms with E-state index in [-0.39, 0.29) is 4.90 Å². The number of aromatic nitrogens is 1. The van der Waals surface area contributed by atoms with Crippen molar-refractivity contribution in [2.75, 3.05) is 29.9 Å². The van der Waals surface area contributed by atoms with Gasteiger partial charge in [-0.3, -0.25) is 4.72 Å². The van der Waals surface area contributed by atoms with Crippen LogP contribution in [0.15, 0.2) is 52.9 Å². The Morgan fingerprint density at radius 2 is 2.10 bits per heavy atom. The van der Waals surface area contributed by atoms with E-state index in [1.165, 1.54) is 29.7 Å². The van der Waals surface area contributed by atoms with Crippen LogP contribution in [0.2, 0.25) is 0 Å². The monoisotopic (exact) mass is 428 g/mol. The standard InChI is InChI=1S/C19H16N4O4S2/c1-26-14-2-4-16(13(10-14)12-20)23-7-8-27-18-11-15(3-5-17(18)23)29(24,25)22-19-21-6-9-28-19/h2-6,9-11H,7-8H2,1H3,(H,21,22). The summed E-state index contributed by atoms with van der Waals surface area (Å²) in [5.41, 5.74) is 1.85. The molecule has 0 saturated carbocycles. The van der Waals surface area contributed by atoms with E-state index in [0.717, 1.165) is 0 Å². The lowest BCUT2D eigenvalue weighted by Gasteiger charge is -2.32. The van der Waals surface area contributed by atoms with Crippen LogP contribution < -0.4 is 19.1 Å². The van der Waals surface area contributed by atoms with E-state index in [1.807, 2.05) is 4.90 Å². The molecular formula is C19H16N4O4S2. The van der Waals surface area contributed by atoms with Crippen LogP contribution in [0.5, 0.6) is 11.5 Å². The largest absolute Gasteiger partial charge is 0.497 e. The predicted octanol–water partition coefficient (Wildman–Crippen LogP) is 3.35. The first-order valence-corrected chi connectivity index (χ1v) is 10.9. The second-order valence-corrected chi connectivity index (χ2v) is 8.64. The molecule has 2 heterocycles. The van der Waals surface area contributed by atoms with Gasteiger partial charge in [0.1, 0.15) is 24.2 Å². The summed E-state index contributed by atoms with van der Waals surface area (Å²) >= 11 is 1.20. The molecule has 8 nitrogen and oxygen atoms in total. The van der Waals surface area contributed by atoms with Crippen LogP contribution in [0.3, 0.4) is 0 Å². The van der Waals surface area contributed by atoms with Gasteiger partial charge in [0.05, 0.1) is 35.5 Å². The Morgan fingerprint density at radius 1 is 1.28 bits per heavy atom. The first-order valence-electron chi connectivity index (χ1n) is 8.56. The lowest BCUT2D eigenvalue weighted by atomic mass is 10.1. The highest BCUT2D eigenvalue weighted by atomic mass is 32.2. The molecule has 0 fully saturated rings. The van der Waals surface area contributed by atoms with Gasteiger partial charge in [-0.1, -0.05) is 0 Å². The fourth-order valence-corrected chi connectivity index (χ4v) is 4.84. The van der Waals surface area contributed by atoms with Gasteiger partial charge in [-0.25, -0.2) is 13.4 Å². The van der Waals surface area contributed by atoms with Crippen molar-refractivity contribution in [3.63, 3.8) is 0 Å². The number of anilines is 3. The Labute approximate surface area is 172 Å². The average molecular weight is 428 g/mol. The molecular weight excluding hydrogens is 412 g/mol. The summed E-state index contributed by atoms with van der Waals surface area (Å²) in [4.78, 5) is 5.95. The Hall–Kier alpha value is -3.29. The third kappa shape index (κ3) is 3.70. The van der Waals surface area contributed by atoms with Gasteiger partial charge in [0.25, 0.3) is 10.0 Å². The van der Waals surface area contributed by atoms with Crippen LogP contribution >= 0.6 is 11.3 Å². The number of hydrogen-bond donors (Lipinski definition) is 1. The maximum Gasteiger partial charge on any atom is 0.263 e. The number of nitriles is 1.